The summed E-state index contributed by atoms with van der Waals surface area (Å²) in [5.41, 5.74) is -2.51. The Bertz CT molecular complexity index is 1380. The summed E-state index contributed by atoms with van der Waals surface area (Å²) in [4.78, 5) is 25.0. The zero-order valence-corrected chi connectivity index (χ0v) is 23.1. The highest BCUT2D eigenvalue weighted by Crippen LogP contribution is 2.53. The maximum Gasteiger partial charge on any atom is 0.255 e. The first kappa shape index (κ1) is 29.4. The number of hydrogen-bond acceptors (Lipinski definition) is 6. The van der Waals surface area contributed by atoms with E-state index in [-0.39, 0.29) is 47.0 Å². The second kappa shape index (κ2) is 10.8. The van der Waals surface area contributed by atoms with Gasteiger partial charge in [-0.3, -0.25) is 9.59 Å². The lowest BCUT2D eigenvalue weighted by Gasteiger charge is -2.42. The standard InChI is InChI=1S/C27H31ClF2N2O6S/c1-26(2,35)14-31-24(33)13-27(36)16-4-5-17(27)11-19(10-16)39(37,38)23-9-15(3-7-20(23)28)25(34)32-18-6-8-21(29)22(30)12-18/h3,6-9,12,16-17,19,35-36H,4-5,10-11,13-14H2,1-2H3,(H,31,33)(H,32,34). The van der Waals surface area contributed by atoms with E-state index < -0.39 is 61.6 Å². The number of halogens is 3. The van der Waals surface area contributed by atoms with E-state index in [1.165, 1.54) is 18.2 Å². The fourth-order valence-electron chi connectivity index (χ4n) is 5.61. The number of sulfone groups is 1. The third-order valence-electron chi connectivity index (χ3n) is 7.65. The van der Waals surface area contributed by atoms with E-state index in [0.29, 0.717) is 12.8 Å². The number of nitrogens with one attached hydrogen (secondary N) is 2. The fourth-order valence-corrected chi connectivity index (χ4v) is 8.01. The molecule has 0 heterocycles. The minimum absolute atomic E-state index is 0.00649. The second-order valence-corrected chi connectivity index (χ2v) is 13.7. The molecule has 0 spiro atoms. The Morgan fingerprint density at radius 1 is 1.08 bits per heavy atom. The van der Waals surface area contributed by atoms with Crippen LogP contribution >= 0.6 is 11.6 Å². The summed E-state index contributed by atoms with van der Waals surface area (Å²) in [5, 5.41) is 25.3. The third-order valence-corrected chi connectivity index (χ3v) is 10.3. The van der Waals surface area contributed by atoms with E-state index in [9.17, 15) is 37.0 Å². The number of carbonyl (C=O) groups excluding carboxylic acids is 2. The number of aliphatic hydroxyl groups is 2. The van der Waals surface area contributed by atoms with E-state index in [0.717, 1.165) is 18.2 Å². The van der Waals surface area contributed by atoms with Gasteiger partial charge in [0.25, 0.3) is 5.91 Å². The van der Waals surface area contributed by atoms with Crippen LogP contribution in [0.3, 0.4) is 0 Å². The molecule has 2 unspecified atom stereocenters. The van der Waals surface area contributed by atoms with Crippen LogP contribution < -0.4 is 10.6 Å². The van der Waals surface area contributed by atoms with Gasteiger partial charge >= 0.3 is 0 Å². The van der Waals surface area contributed by atoms with Crippen LogP contribution in [-0.2, 0) is 14.6 Å². The predicted octanol–water partition coefficient (Wildman–Crippen LogP) is 3.84. The van der Waals surface area contributed by atoms with Gasteiger partial charge in [-0.05, 0) is 81.7 Å². The Morgan fingerprint density at radius 3 is 2.31 bits per heavy atom. The lowest BCUT2D eigenvalue weighted by Crippen LogP contribution is -2.51. The van der Waals surface area contributed by atoms with Gasteiger partial charge in [-0.2, -0.15) is 0 Å². The Labute approximate surface area is 230 Å². The summed E-state index contributed by atoms with van der Waals surface area (Å²) < 4.78 is 54.1. The highest BCUT2D eigenvalue weighted by Gasteiger charge is 2.56. The molecular weight excluding hydrogens is 554 g/mol. The van der Waals surface area contributed by atoms with Crippen molar-refractivity contribution in [2.24, 2.45) is 11.8 Å². The van der Waals surface area contributed by atoms with Crippen molar-refractivity contribution in [3.05, 3.63) is 58.6 Å². The van der Waals surface area contributed by atoms with Gasteiger partial charge in [0, 0.05) is 23.9 Å². The summed E-state index contributed by atoms with van der Waals surface area (Å²) in [6, 6.07) is 6.61. The second-order valence-electron chi connectivity index (χ2n) is 11.1. The molecule has 2 aliphatic rings. The molecule has 0 aromatic heterocycles. The van der Waals surface area contributed by atoms with E-state index in [1.54, 1.807) is 13.8 Å². The molecule has 212 valence electrons. The zero-order valence-electron chi connectivity index (χ0n) is 21.5. The van der Waals surface area contributed by atoms with Crippen molar-refractivity contribution in [3.63, 3.8) is 0 Å². The molecule has 2 aromatic rings. The third kappa shape index (κ3) is 6.26. The van der Waals surface area contributed by atoms with Crippen molar-refractivity contribution in [2.45, 2.75) is 67.3 Å². The molecule has 2 saturated carbocycles. The summed E-state index contributed by atoms with van der Waals surface area (Å²) in [6.45, 7) is 3.12. The molecule has 0 aliphatic heterocycles. The van der Waals surface area contributed by atoms with Gasteiger partial charge in [0.05, 0.1) is 32.8 Å². The molecule has 2 fully saturated rings. The predicted molar refractivity (Wildman–Crippen MR) is 141 cm³/mol. The van der Waals surface area contributed by atoms with Crippen molar-refractivity contribution >= 4 is 38.9 Å². The van der Waals surface area contributed by atoms with Crippen LogP contribution in [0, 0.1) is 23.5 Å². The summed E-state index contributed by atoms with van der Waals surface area (Å²) in [6.07, 6.45) is 1.18. The SMILES string of the molecule is CC(C)(O)CNC(=O)CC1(O)C2CCC1CC(S(=O)(=O)c1cc(C(=O)Nc3ccc(F)c(F)c3)ccc1Cl)C2. The first-order valence-electron chi connectivity index (χ1n) is 12.6. The lowest BCUT2D eigenvalue weighted by atomic mass is 9.72. The van der Waals surface area contributed by atoms with Crippen LogP contribution in [0.2, 0.25) is 5.02 Å². The molecule has 4 rings (SSSR count). The number of rotatable bonds is 8. The van der Waals surface area contributed by atoms with E-state index in [4.69, 9.17) is 11.6 Å². The number of amides is 2. The van der Waals surface area contributed by atoms with Crippen LogP contribution in [0.5, 0.6) is 0 Å². The topological polar surface area (TPSA) is 133 Å². The molecule has 2 amide bonds. The van der Waals surface area contributed by atoms with Crippen molar-refractivity contribution in [2.75, 3.05) is 11.9 Å². The van der Waals surface area contributed by atoms with Crippen LogP contribution in [-0.4, -0.2) is 53.4 Å². The van der Waals surface area contributed by atoms with Gasteiger partial charge in [0.15, 0.2) is 21.5 Å². The molecule has 4 N–H and O–H groups in total. The summed E-state index contributed by atoms with van der Waals surface area (Å²) in [5.74, 6) is -4.22. The average Bonchev–Trinajstić information content (AvgIpc) is 3.00. The van der Waals surface area contributed by atoms with Gasteiger partial charge in [-0.25, -0.2) is 17.2 Å². The Balaban J connectivity index is 1.51. The fraction of sp³-hybridized carbons (Fsp3) is 0.481. The first-order valence-corrected chi connectivity index (χ1v) is 14.5. The molecule has 12 heteroatoms. The number of anilines is 1. The largest absolute Gasteiger partial charge is 0.389 e. The quantitative estimate of drug-likeness (QED) is 0.373. The van der Waals surface area contributed by atoms with Crippen molar-refractivity contribution in [1.82, 2.24) is 5.32 Å². The monoisotopic (exact) mass is 584 g/mol. The minimum atomic E-state index is -4.03. The van der Waals surface area contributed by atoms with Crippen LogP contribution in [0.15, 0.2) is 41.3 Å². The number of carbonyl (C=O) groups is 2. The smallest absolute Gasteiger partial charge is 0.255 e. The molecule has 0 saturated heterocycles. The van der Waals surface area contributed by atoms with Gasteiger partial charge in [0.1, 0.15) is 0 Å². The van der Waals surface area contributed by atoms with E-state index in [2.05, 4.69) is 10.6 Å². The Hall–Kier alpha value is -2.60. The molecule has 2 atom stereocenters. The lowest BCUT2D eigenvalue weighted by molar-refractivity contribution is -0.133. The van der Waals surface area contributed by atoms with Gasteiger partial charge in [0.2, 0.25) is 5.91 Å². The van der Waals surface area contributed by atoms with Gasteiger partial charge in [-0.1, -0.05) is 11.6 Å². The van der Waals surface area contributed by atoms with Crippen molar-refractivity contribution < 1.29 is 37.0 Å². The highest BCUT2D eigenvalue weighted by atomic mass is 35.5. The maximum absolute atomic E-state index is 13.7. The molecular formula is C27H31ClF2N2O6S. The first-order chi connectivity index (χ1) is 18.1. The molecule has 2 bridgehead atoms. The highest BCUT2D eigenvalue weighted by molar-refractivity contribution is 7.92. The molecule has 2 aromatic carbocycles. The average molecular weight is 585 g/mol. The Kier molecular flexibility index (Phi) is 8.11. The minimum Gasteiger partial charge on any atom is -0.389 e. The summed E-state index contributed by atoms with van der Waals surface area (Å²) >= 11 is 6.26. The molecule has 39 heavy (non-hydrogen) atoms. The van der Waals surface area contributed by atoms with Gasteiger partial charge in [-0.15, -0.1) is 0 Å². The summed E-state index contributed by atoms with van der Waals surface area (Å²) in [7, 11) is -4.03. The van der Waals surface area contributed by atoms with Crippen molar-refractivity contribution in [3.8, 4) is 0 Å². The number of hydrogen-bond donors (Lipinski definition) is 4. The zero-order chi connectivity index (χ0) is 28.8. The number of benzene rings is 2. The molecule has 8 nitrogen and oxygen atoms in total. The van der Waals surface area contributed by atoms with E-state index in [1.807, 2.05) is 0 Å². The Morgan fingerprint density at radius 2 is 1.72 bits per heavy atom. The van der Waals surface area contributed by atoms with Crippen LogP contribution in [0.25, 0.3) is 0 Å². The van der Waals surface area contributed by atoms with Crippen LogP contribution in [0.4, 0.5) is 14.5 Å². The molecule has 0 radical (unpaired) electrons. The molecule has 2 aliphatic carbocycles. The normalized spacial score (nSPS) is 24.8. The van der Waals surface area contributed by atoms with Crippen LogP contribution in [0.1, 0.15) is 56.3 Å². The van der Waals surface area contributed by atoms with Gasteiger partial charge < -0.3 is 20.8 Å². The van der Waals surface area contributed by atoms with E-state index >= 15 is 0 Å². The number of fused-ring (bicyclic) bond motifs is 2. The van der Waals surface area contributed by atoms with Crippen molar-refractivity contribution in [1.29, 1.82) is 0 Å². The maximum atomic E-state index is 13.7.